The summed E-state index contributed by atoms with van der Waals surface area (Å²) in [6.45, 7) is 0. The lowest BCUT2D eigenvalue weighted by Crippen LogP contribution is -1.89. The second kappa shape index (κ2) is 3.15. The van der Waals surface area contributed by atoms with Gasteiger partial charge in [-0.3, -0.25) is 0 Å². The maximum absolute atomic E-state index is 10.7. The smallest absolute Gasteiger partial charge is 0.345 e. The van der Waals surface area contributed by atoms with Gasteiger partial charge in [-0.15, -0.1) is 11.3 Å². The highest BCUT2D eigenvalue weighted by Gasteiger charge is 2.12. The highest BCUT2D eigenvalue weighted by atomic mass is 35.5. The Labute approximate surface area is 88.2 Å². The Morgan fingerprint density at radius 2 is 2.14 bits per heavy atom. The molecule has 0 atom stereocenters. The molecular formula is C9H5ClO3S. The van der Waals surface area contributed by atoms with Crippen molar-refractivity contribution < 1.29 is 15.0 Å². The fourth-order valence-electron chi connectivity index (χ4n) is 1.18. The molecule has 14 heavy (non-hydrogen) atoms. The van der Waals surface area contributed by atoms with E-state index in [1.165, 1.54) is 6.07 Å². The van der Waals surface area contributed by atoms with E-state index < -0.39 is 5.97 Å². The minimum Gasteiger partial charge on any atom is -0.506 e. The first-order valence-electron chi connectivity index (χ1n) is 3.74. The monoisotopic (exact) mass is 228 g/mol. The molecule has 0 aliphatic heterocycles. The van der Waals surface area contributed by atoms with E-state index in [4.69, 9.17) is 16.7 Å². The van der Waals surface area contributed by atoms with Crippen LogP contribution in [0.3, 0.4) is 0 Å². The van der Waals surface area contributed by atoms with Gasteiger partial charge in [0, 0.05) is 10.1 Å². The number of halogens is 1. The van der Waals surface area contributed by atoms with Crippen LogP contribution >= 0.6 is 22.9 Å². The predicted octanol–water partition coefficient (Wildman–Crippen LogP) is 2.96. The summed E-state index contributed by atoms with van der Waals surface area (Å²) in [7, 11) is 0. The van der Waals surface area contributed by atoms with Crippen LogP contribution < -0.4 is 0 Å². The van der Waals surface area contributed by atoms with Crippen molar-refractivity contribution in [2.24, 2.45) is 0 Å². The number of hydrogen-bond acceptors (Lipinski definition) is 3. The number of carboxylic acid groups (broad SMARTS) is 1. The molecule has 1 aromatic carbocycles. The third kappa shape index (κ3) is 1.32. The number of thiophene rings is 1. The molecule has 0 bridgehead atoms. The van der Waals surface area contributed by atoms with Crippen molar-refractivity contribution in [3.8, 4) is 5.75 Å². The van der Waals surface area contributed by atoms with Crippen LogP contribution in [-0.4, -0.2) is 16.2 Å². The molecule has 0 fully saturated rings. The van der Waals surface area contributed by atoms with Gasteiger partial charge in [-0.05, 0) is 18.2 Å². The van der Waals surface area contributed by atoms with Crippen LogP contribution in [0.2, 0.25) is 5.02 Å². The summed E-state index contributed by atoms with van der Waals surface area (Å²) in [6.07, 6.45) is 0. The van der Waals surface area contributed by atoms with Crippen molar-refractivity contribution in [3.63, 3.8) is 0 Å². The Balaban J connectivity index is 2.77. The van der Waals surface area contributed by atoms with Crippen molar-refractivity contribution in [1.82, 2.24) is 0 Å². The molecule has 1 aromatic heterocycles. The van der Waals surface area contributed by atoms with Gasteiger partial charge < -0.3 is 10.2 Å². The standard InChI is InChI=1S/C9H5ClO3S/c10-5-1-2-6-4(8(5)11)3-7(14-6)9(12)13/h1-3,11H,(H,12,13). The lowest BCUT2D eigenvalue weighted by molar-refractivity contribution is 0.0702. The van der Waals surface area contributed by atoms with Gasteiger partial charge in [0.05, 0.1) is 5.02 Å². The molecule has 0 radical (unpaired) electrons. The SMILES string of the molecule is O=C(O)c1cc2c(O)c(Cl)ccc2s1. The van der Waals surface area contributed by atoms with Crippen LogP contribution in [0.15, 0.2) is 18.2 Å². The van der Waals surface area contributed by atoms with Crippen LogP contribution in [0.1, 0.15) is 9.67 Å². The number of carbonyl (C=O) groups is 1. The van der Waals surface area contributed by atoms with E-state index in [2.05, 4.69) is 0 Å². The fourth-order valence-corrected chi connectivity index (χ4v) is 2.24. The molecule has 0 amide bonds. The summed E-state index contributed by atoms with van der Waals surface area (Å²) in [6, 6.07) is 4.65. The molecule has 3 nitrogen and oxygen atoms in total. The number of rotatable bonds is 1. The fraction of sp³-hybridized carbons (Fsp3) is 0. The zero-order valence-electron chi connectivity index (χ0n) is 6.82. The molecule has 0 spiro atoms. The van der Waals surface area contributed by atoms with Gasteiger partial charge in [0.15, 0.2) is 0 Å². The Morgan fingerprint density at radius 3 is 2.79 bits per heavy atom. The van der Waals surface area contributed by atoms with Crippen LogP contribution in [-0.2, 0) is 0 Å². The third-order valence-electron chi connectivity index (χ3n) is 1.83. The molecule has 1 heterocycles. The Hall–Kier alpha value is -1.26. The number of benzene rings is 1. The van der Waals surface area contributed by atoms with Gasteiger partial charge in [0.2, 0.25) is 0 Å². The molecular weight excluding hydrogens is 224 g/mol. The zero-order chi connectivity index (χ0) is 10.3. The van der Waals surface area contributed by atoms with Crippen molar-refractivity contribution in [2.75, 3.05) is 0 Å². The highest BCUT2D eigenvalue weighted by molar-refractivity contribution is 7.20. The summed E-state index contributed by atoms with van der Waals surface area (Å²) in [4.78, 5) is 10.9. The first kappa shape index (κ1) is 9.30. The number of carboxylic acids is 1. The quantitative estimate of drug-likeness (QED) is 0.789. The maximum atomic E-state index is 10.7. The van der Waals surface area contributed by atoms with Crippen molar-refractivity contribution in [1.29, 1.82) is 0 Å². The molecule has 2 aromatic rings. The maximum Gasteiger partial charge on any atom is 0.345 e. The van der Waals surface area contributed by atoms with Gasteiger partial charge in [0.1, 0.15) is 10.6 Å². The minimum absolute atomic E-state index is 0.0621. The Kier molecular flexibility index (Phi) is 2.09. The average Bonchev–Trinajstić information content (AvgIpc) is 2.56. The van der Waals surface area contributed by atoms with Gasteiger partial charge >= 0.3 is 5.97 Å². The summed E-state index contributed by atoms with van der Waals surface area (Å²) in [5.74, 6) is -1.06. The van der Waals surface area contributed by atoms with E-state index in [9.17, 15) is 9.90 Å². The number of aromatic carboxylic acids is 1. The lowest BCUT2D eigenvalue weighted by atomic mass is 10.2. The van der Waals surface area contributed by atoms with E-state index in [0.29, 0.717) is 10.1 Å². The molecule has 0 saturated heterocycles. The van der Waals surface area contributed by atoms with Gasteiger partial charge in [-0.2, -0.15) is 0 Å². The van der Waals surface area contributed by atoms with E-state index >= 15 is 0 Å². The molecule has 2 rings (SSSR count). The molecule has 2 N–H and O–H groups in total. The normalized spacial score (nSPS) is 10.6. The third-order valence-corrected chi connectivity index (χ3v) is 3.23. The van der Waals surface area contributed by atoms with Crippen molar-refractivity contribution in [3.05, 3.63) is 28.1 Å². The summed E-state index contributed by atoms with van der Waals surface area (Å²) in [5.41, 5.74) is 0. The topological polar surface area (TPSA) is 57.5 Å². The van der Waals surface area contributed by atoms with E-state index in [-0.39, 0.29) is 15.6 Å². The van der Waals surface area contributed by atoms with E-state index in [1.54, 1.807) is 12.1 Å². The van der Waals surface area contributed by atoms with Gasteiger partial charge in [0.25, 0.3) is 0 Å². The van der Waals surface area contributed by atoms with Crippen LogP contribution in [0.25, 0.3) is 10.1 Å². The second-order valence-electron chi connectivity index (χ2n) is 2.72. The Morgan fingerprint density at radius 1 is 1.43 bits per heavy atom. The highest BCUT2D eigenvalue weighted by Crippen LogP contribution is 2.36. The van der Waals surface area contributed by atoms with Crippen LogP contribution in [0.5, 0.6) is 5.75 Å². The second-order valence-corrected chi connectivity index (χ2v) is 4.21. The number of fused-ring (bicyclic) bond motifs is 1. The molecule has 0 saturated carbocycles. The number of phenols is 1. The first-order valence-corrected chi connectivity index (χ1v) is 4.93. The van der Waals surface area contributed by atoms with Gasteiger partial charge in [-0.25, -0.2) is 4.79 Å². The molecule has 72 valence electrons. The van der Waals surface area contributed by atoms with E-state index in [1.807, 2.05) is 0 Å². The van der Waals surface area contributed by atoms with Crippen molar-refractivity contribution >= 4 is 39.0 Å². The zero-order valence-corrected chi connectivity index (χ0v) is 8.39. The number of phenolic OH excluding ortho intramolecular Hbond substituents is 1. The molecule has 0 unspecified atom stereocenters. The van der Waals surface area contributed by atoms with E-state index in [0.717, 1.165) is 11.3 Å². The number of aromatic hydroxyl groups is 1. The Bertz CT molecular complexity index is 518. The molecule has 0 aliphatic carbocycles. The first-order chi connectivity index (χ1) is 6.59. The largest absolute Gasteiger partial charge is 0.506 e. The average molecular weight is 229 g/mol. The molecule has 0 aliphatic rings. The van der Waals surface area contributed by atoms with Crippen molar-refractivity contribution in [2.45, 2.75) is 0 Å². The summed E-state index contributed by atoms with van der Waals surface area (Å²) < 4.78 is 0.712. The lowest BCUT2D eigenvalue weighted by Gasteiger charge is -1.95. The van der Waals surface area contributed by atoms with Crippen LogP contribution in [0.4, 0.5) is 0 Å². The minimum atomic E-state index is -0.998. The summed E-state index contributed by atoms with van der Waals surface area (Å²) >= 11 is 6.79. The van der Waals surface area contributed by atoms with Crippen LogP contribution in [0, 0.1) is 0 Å². The summed E-state index contributed by atoms with van der Waals surface area (Å²) in [5, 5.41) is 19.0. The molecule has 5 heteroatoms. The predicted molar refractivity (Wildman–Crippen MR) is 55.5 cm³/mol. The number of hydrogen-bond donors (Lipinski definition) is 2. The van der Waals surface area contributed by atoms with Gasteiger partial charge in [-0.1, -0.05) is 11.6 Å².